The van der Waals surface area contributed by atoms with Crippen molar-refractivity contribution in [2.24, 2.45) is 0 Å². The summed E-state index contributed by atoms with van der Waals surface area (Å²) in [5.41, 5.74) is 0. The molecule has 2 atom stereocenters. The van der Waals surface area contributed by atoms with Crippen molar-refractivity contribution in [3.63, 3.8) is 0 Å². The molecule has 0 spiro atoms. The summed E-state index contributed by atoms with van der Waals surface area (Å²) in [6.45, 7) is 4.26. The molecule has 0 saturated heterocycles. The molecule has 1 N–H and O–H groups in total. The third-order valence-corrected chi connectivity index (χ3v) is 10.2. The fraction of sp³-hybridized carbons (Fsp3) is 0.708. The van der Waals surface area contributed by atoms with Gasteiger partial charge in [0.2, 0.25) is 0 Å². The molecule has 0 aromatic rings. The zero-order chi connectivity index (χ0) is 42.8. The molecule has 9 nitrogen and oxygen atoms in total. The van der Waals surface area contributed by atoms with Crippen molar-refractivity contribution in [1.29, 1.82) is 0 Å². The van der Waals surface area contributed by atoms with Crippen LogP contribution in [0.3, 0.4) is 0 Å². The molecule has 0 amide bonds. The average molecular weight is 835 g/mol. The van der Waals surface area contributed by atoms with E-state index >= 15 is 0 Å². The molecular weight excluding hydrogens is 750 g/mol. The van der Waals surface area contributed by atoms with Crippen molar-refractivity contribution in [3.8, 4) is 0 Å². The van der Waals surface area contributed by atoms with Gasteiger partial charge in [-0.05, 0) is 77.0 Å². The van der Waals surface area contributed by atoms with Gasteiger partial charge in [-0.1, -0.05) is 151 Å². The molecule has 0 aliphatic carbocycles. The van der Waals surface area contributed by atoms with Crippen LogP contribution in [-0.2, 0) is 32.7 Å². The largest absolute Gasteiger partial charge is 0.472 e. The Hall–Kier alpha value is -2.55. The number of carbonyl (C=O) groups is 2. The minimum atomic E-state index is -4.40. The first kappa shape index (κ1) is 55.5. The zero-order valence-electron chi connectivity index (χ0n) is 37.5. The Morgan fingerprint density at radius 1 is 0.534 bits per heavy atom. The summed E-state index contributed by atoms with van der Waals surface area (Å²) in [6.07, 6.45) is 49.6. The number of likely N-dealkylation sites (N-methyl/N-ethyl adjacent to an activating group) is 1. The first-order chi connectivity index (χ1) is 28.0. The molecule has 0 aliphatic rings. The summed E-state index contributed by atoms with van der Waals surface area (Å²) in [5.74, 6) is -0.893. The number of hydrogen-bond donors (Lipinski definition) is 1. The third-order valence-electron chi connectivity index (χ3n) is 9.19. The Balaban J connectivity index is 4.48. The number of allylic oxidation sites excluding steroid dienone is 12. The molecule has 0 fully saturated rings. The maximum Gasteiger partial charge on any atom is 0.472 e. The van der Waals surface area contributed by atoms with Gasteiger partial charge in [0, 0.05) is 12.8 Å². The van der Waals surface area contributed by atoms with Gasteiger partial charge in [-0.25, -0.2) is 4.57 Å². The lowest BCUT2D eigenvalue weighted by molar-refractivity contribution is -0.870. The lowest BCUT2D eigenvalue weighted by Gasteiger charge is -2.24. The summed E-state index contributed by atoms with van der Waals surface area (Å²) in [4.78, 5) is 35.4. The van der Waals surface area contributed by atoms with Crippen molar-refractivity contribution in [2.75, 3.05) is 47.5 Å². The Kier molecular flexibility index (Phi) is 38.1. The Morgan fingerprint density at radius 3 is 1.50 bits per heavy atom. The van der Waals surface area contributed by atoms with Crippen molar-refractivity contribution >= 4 is 19.8 Å². The smallest absolute Gasteiger partial charge is 0.462 e. The third kappa shape index (κ3) is 43.0. The van der Waals surface area contributed by atoms with E-state index in [-0.39, 0.29) is 26.1 Å². The second-order valence-corrected chi connectivity index (χ2v) is 17.5. The predicted octanol–water partition coefficient (Wildman–Crippen LogP) is 13.0. The van der Waals surface area contributed by atoms with Gasteiger partial charge in [0.05, 0.1) is 27.7 Å². The first-order valence-corrected chi connectivity index (χ1v) is 24.2. The SMILES string of the molecule is CCC/C=C/C/C=C/C/C=C/C/C=C/CCCCCC(=O)OC[C@H](COP(=O)(O)OCC[N+](C)(C)C)OC(=O)CCC/C=C/C/C=C/CCCCCCCCCCC. The normalized spacial score (nSPS) is 14.2. The minimum Gasteiger partial charge on any atom is -0.462 e. The number of rotatable bonds is 40. The van der Waals surface area contributed by atoms with Crippen LogP contribution in [0.25, 0.3) is 0 Å². The molecule has 0 aromatic heterocycles. The molecule has 0 heterocycles. The summed E-state index contributed by atoms with van der Waals surface area (Å²) in [5, 5.41) is 0. The van der Waals surface area contributed by atoms with Gasteiger partial charge in [-0.3, -0.25) is 18.6 Å². The molecule has 0 bridgehead atoms. The summed E-state index contributed by atoms with van der Waals surface area (Å²) in [7, 11) is 1.42. The number of phosphoric acid groups is 1. The summed E-state index contributed by atoms with van der Waals surface area (Å²) in [6, 6.07) is 0. The van der Waals surface area contributed by atoms with E-state index < -0.39 is 32.5 Å². The molecule has 10 heteroatoms. The molecule has 0 aromatic carbocycles. The standard InChI is InChI=1S/C48H84NO8P/c1-6-8-10-12-14-16-18-20-22-24-26-28-30-32-34-36-38-40-47(50)54-44-46(45-56-58(52,53)55-43-42-49(3,4)5)57-48(51)41-39-37-35-33-31-29-27-25-23-21-19-17-15-13-11-9-7-2/h10,12,16,18,22,24,27-30,33,35,46H,6-9,11,13-15,17,19-21,23,25-26,31-32,34,36-45H2,1-5H3/p+1/b12-10+,18-16+,24-22+,29-27+,30-28+,35-33+/t46-/m1/s1. The monoisotopic (exact) mass is 835 g/mol. The van der Waals surface area contributed by atoms with Crippen LogP contribution < -0.4 is 0 Å². The molecule has 1 unspecified atom stereocenters. The molecular formula is C48H85NO8P+. The molecule has 0 saturated carbocycles. The van der Waals surface area contributed by atoms with Crippen molar-refractivity contribution in [1.82, 2.24) is 0 Å². The Morgan fingerprint density at radius 2 is 0.983 bits per heavy atom. The molecule has 0 radical (unpaired) electrons. The summed E-state index contributed by atoms with van der Waals surface area (Å²) >= 11 is 0. The van der Waals surface area contributed by atoms with Gasteiger partial charge in [-0.2, -0.15) is 0 Å². The van der Waals surface area contributed by atoms with Crippen LogP contribution in [0.15, 0.2) is 72.9 Å². The van der Waals surface area contributed by atoms with E-state index in [0.29, 0.717) is 23.9 Å². The van der Waals surface area contributed by atoms with Gasteiger partial charge < -0.3 is 18.9 Å². The average Bonchev–Trinajstić information content (AvgIpc) is 3.17. The number of unbranched alkanes of at least 4 members (excludes halogenated alkanes) is 14. The van der Waals surface area contributed by atoms with E-state index in [2.05, 4.69) is 86.8 Å². The van der Waals surface area contributed by atoms with Crippen molar-refractivity contribution in [2.45, 2.75) is 174 Å². The maximum atomic E-state index is 12.7. The quantitative estimate of drug-likeness (QED) is 0.0214. The van der Waals surface area contributed by atoms with E-state index in [4.69, 9.17) is 18.5 Å². The first-order valence-electron chi connectivity index (χ1n) is 22.7. The second-order valence-electron chi connectivity index (χ2n) is 16.1. The lowest BCUT2D eigenvalue weighted by Crippen LogP contribution is -2.37. The predicted molar refractivity (Wildman–Crippen MR) is 242 cm³/mol. The number of phosphoric ester groups is 1. The van der Waals surface area contributed by atoms with Gasteiger partial charge in [-0.15, -0.1) is 0 Å². The topological polar surface area (TPSA) is 108 Å². The van der Waals surface area contributed by atoms with Gasteiger partial charge >= 0.3 is 19.8 Å². The molecule has 334 valence electrons. The van der Waals surface area contributed by atoms with E-state index in [1.54, 1.807) is 0 Å². The highest BCUT2D eigenvalue weighted by molar-refractivity contribution is 7.47. The molecule has 0 rings (SSSR count). The van der Waals surface area contributed by atoms with Crippen LogP contribution in [0.5, 0.6) is 0 Å². The number of ether oxygens (including phenoxy) is 2. The van der Waals surface area contributed by atoms with Crippen LogP contribution in [0.1, 0.15) is 168 Å². The highest BCUT2D eigenvalue weighted by Crippen LogP contribution is 2.43. The maximum absolute atomic E-state index is 12.7. The highest BCUT2D eigenvalue weighted by atomic mass is 31.2. The van der Waals surface area contributed by atoms with E-state index in [0.717, 1.165) is 64.2 Å². The number of carbonyl (C=O) groups excluding carboxylic acids is 2. The number of nitrogens with zero attached hydrogens (tertiary/aromatic N) is 1. The van der Waals surface area contributed by atoms with Crippen LogP contribution >= 0.6 is 7.82 Å². The number of quaternary nitrogens is 1. The van der Waals surface area contributed by atoms with Crippen molar-refractivity contribution < 1.29 is 42.1 Å². The number of esters is 2. The fourth-order valence-corrected chi connectivity index (χ4v) is 6.37. The minimum absolute atomic E-state index is 0.0155. The molecule has 0 aliphatic heterocycles. The number of hydrogen-bond acceptors (Lipinski definition) is 7. The van der Waals surface area contributed by atoms with Crippen LogP contribution in [0.4, 0.5) is 0 Å². The molecule has 58 heavy (non-hydrogen) atoms. The Labute approximate surface area is 355 Å². The van der Waals surface area contributed by atoms with Gasteiger partial charge in [0.25, 0.3) is 0 Å². The van der Waals surface area contributed by atoms with Gasteiger partial charge in [0.1, 0.15) is 19.8 Å². The van der Waals surface area contributed by atoms with Crippen LogP contribution in [-0.4, -0.2) is 74.9 Å². The second kappa shape index (κ2) is 39.9. The summed E-state index contributed by atoms with van der Waals surface area (Å²) < 4.78 is 34.2. The zero-order valence-corrected chi connectivity index (χ0v) is 38.4. The lowest BCUT2D eigenvalue weighted by atomic mass is 10.1. The van der Waals surface area contributed by atoms with Crippen molar-refractivity contribution in [3.05, 3.63) is 72.9 Å². The van der Waals surface area contributed by atoms with E-state index in [9.17, 15) is 19.0 Å². The highest BCUT2D eigenvalue weighted by Gasteiger charge is 2.27. The Bertz CT molecular complexity index is 1220. The van der Waals surface area contributed by atoms with E-state index in [1.807, 2.05) is 21.1 Å². The van der Waals surface area contributed by atoms with Crippen LogP contribution in [0.2, 0.25) is 0 Å². The van der Waals surface area contributed by atoms with E-state index in [1.165, 1.54) is 64.2 Å². The van der Waals surface area contributed by atoms with Crippen LogP contribution in [0, 0.1) is 0 Å². The van der Waals surface area contributed by atoms with Gasteiger partial charge in [0.15, 0.2) is 6.10 Å². The fourth-order valence-electron chi connectivity index (χ4n) is 5.63.